The summed E-state index contributed by atoms with van der Waals surface area (Å²) in [4.78, 5) is 6.76. The van der Waals surface area contributed by atoms with E-state index in [-0.39, 0.29) is 0 Å². The van der Waals surface area contributed by atoms with E-state index in [4.69, 9.17) is 0 Å². The van der Waals surface area contributed by atoms with Crippen LogP contribution in [-0.4, -0.2) is 18.6 Å². The van der Waals surface area contributed by atoms with Gasteiger partial charge in [0, 0.05) is 30.5 Å². The zero-order valence-electron chi connectivity index (χ0n) is 13.4. The second-order valence-electron chi connectivity index (χ2n) is 5.49. The van der Waals surface area contributed by atoms with E-state index in [9.17, 15) is 0 Å². The molecule has 21 heavy (non-hydrogen) atoms. The van der Waals surface area contributed by atoms with Gasteiger partial charge in [-0.25, -0.2) is 4.98 Å². The van der Waals surface area contributed by atoms with Gasteiger partial charge in [-0.1, -0.05) is 25.1 Å². The summed E-state index contributed by atoms with van der Waals surface area (Å²) in [6.45, 7) is 7.51. The smallest absolute Gasteiger partial charge is 0.137 e. The van der Waals surface area contributed by atoms with Crippen LogP contribution in [0.2, 0.25) is 0 Å². The maximum Gasteiger partial charge on any atom is 0.137 e. The van der Waals surface area contributed by atoms with Gasteiger partial charge in [-0.3, -0.25) is 0 Å². The van der Waals surface area contributed by atoms with E-state index in [1.165, 1.54) is 11.1 Å². The minimum atomic E-state index is 0.293. The zero-order chi connectivity index (χ0) is 15.2. The summed E-state index contributed by atoms with van der Waals surface area (Å²) in [7, 11) is 2.08. The molecule has 0 aliphatic carbocycles. The normalized spacial score (nSPS) is 12.2. The largest absolute Gasteiger partial charge is 0.329 e. The molecular weight excluding hydrogens is 258 g/mol. The van der Waals surface area contributed by atoms with Crippen molar-refractivity contribution < 1.29 is 0 Å². The molecule has 1 heterocycles. The van der Waals surface area contributed by atoms with Gasteiger partial charge in [0.15, 0.2) is 0 Å². The van der Waals surface area contributed by atoms with Crippen molar-refractivity contribution >= 4 is 11.5 Å². The van der Waals surface area contributed by atoms with Gasteiger partial charge in [0.05, 0.1) is 0 Å². The molecule has 2 aromatic rings. The summed E-state index contributed by atoms with van der Waals surface area (Å²) in [6, 6.07) is 13.0. The highest BCUT2D eigenvalue weighted by Gasteiger charge is 2.15. The average molecular weight is 283 g/mol. The predicted molar refractivity (Wildman–Crippen MR) is 90.2 cm³/mol. The van der Waals surface area contributed by atoms with Crippen LogP contribution < -0.4 is 10.2 Å². The molecule has 0 radical (unpaired) electrons. The van der Waals surface area contributed by atoms with Crippen molar-refractivity contribution in [2.75, 3.05) is 18.5 Å². The Morgan fingerprint density at radius 2 is 2.05 bits per heavy atom. The monoisotopic (exact) mass is 283 g/mol. The van der Waals surface area contributed by atoms with E-state index in [0.29, 0.717) is 6.04 Å². The van der Waals surface area contributed by atoms with E-state index < -0.39 is 0 Å². The van der Waals surface area contributed by atoms with Crippen molar-refractivity contribution in [3.8, 4) is 0 Å². The van der Waals surface area contributed by atoms with Crippen molar-refractivity contribution in [3.63, 3.8) is 0 Å². The summed E-state index contributed by atoms with van der Waals surface area (Å²) < 4.78 is 0. The molecule has 1 aromatic carbocycles. The van der Waals surface area contributed by atoms with Crippen LogP contribution in [0.4, 0.5) is 11.5 Å². The van der Waals surface area contributed by atoms with Gasteiger partial charge >= 0.3 is 0 Å². The molecule has 3 heteroatoms. The fourth-order valence-electron chi connectivity index (χ4n) is 2.46. The molecule has 0 fully saturated rings. The molecule has 3 nitrogen and oxygen atoms in total. The van der Waals surface area contributed by atoms with Gasteiger partial charge in [0.2, 0.25) is 0 Å². The Morgan fingerprint density at radius 3 is 2.76 bits per heavy atom. The molecule has 0 aliphatic rings. The van der Waals surface area contributed by atoms with Crippen molar-refractivity contribution in [2.24, 2.45) is 0 Å². The van der Waals surface area contributed by atoms with Gasteiger partial charge in [0.1, 0.15) is 5.82 Å². The highest BCUT2D eigenvalue weighted by molar-refractivity contribution is 5.63. The van der Waals surface area contributed by atoms with Crippen LogP contribution in [0.15, 0.2) is 42.6 Å². The molecule has 1 atom stereocenters. The Balaban J connectivity index is 2.31. The third-order valence-electron chi connectivity index (χ3n) is 3.69. The molecule has 0 bridgehead atoms. The predicted octanol–water partition coefficient (Wildman–Crippen LogP) is 4.22. The van der Waals surface area contributed by atoms with E-state index in [0.717, 1.165) is 24.5 Å². The fraction of sp³-hybridized carbons (Fsp3) is 0.389. The quantitative estimate of drug-likeness (QED) is 0.860. The number of hydrogen-bond acceptors (Lipinski definition) is 3. The van der Waals surface area contributed by atoms with Crippen LogP contribution in [0.5, 0.6) is 0 Å². The standard InChI is InChI=1S/C18H25N3/c1-5-11-19-15(3)17-10-7-12-20-18(17)21(4)16-9-6-8-14(2)13-16/h6-10,12-13,15,19H,5,11H2,1-4H3. The first-order chi connectivity index (χ1) is 10.1. The number of nitrogens with zero attached hydrogens (tertiary/aromatic N) is 2. The lowest BCUT2D eigenvalue weighted by molar-refractivity contribution is 0.569. The summed E-state index contributed by atoms with van der Waals surface area (Å²) in [6.07, 6.45) is 2.99. The number of nitrogens with one attached hydrogen (secondary N) is 1. The Morgan fingerprint density at radius 1 is 1.24 bits per heavy atom. The Hall–Kier alpha value is -1.87. The minimum absolute atomic E-state index is 0.293. The molecule has 112 valence electrons. The van der Waals surface area contributed by atoms with E-state index in [1.807, 2.05) is 12.3 Å². The molecule has 0 saturated carbocycles. The fourth-order valence-corrected chi connectivity index (χ4v) is 2.46. The first kappa shape index (κ1) is 15.5. The molecule has 0 aliphatic heterocycles. The number of benzene rings is 1. The van der Waals surface area contributed by atoms with E-state index in [2.05, 4.69) is 73.4 Å². The third-order valence-corrected chi connectivity index (χ3v) is 3.69. The van der Waals surface area contributed by atoms with Crippen molar-refractivity contribution in [1.29, 1.82) is 0 Å². The van der Waals surface area contributed by atoms with Gasteiger partial charge in [-0.15, -0.1) is 0 Å². The van der Waals surface area contributed by atoms with Crippen molar-refractivity contribution in [1.82, 2.24) is 10.3 Å². The Labute approximate surface area is 128 Å². The molecule has 1 N–H and O–H groups in total. The molecule has 2 rings (SSSR count). The summed E-state index contributed by atoms with van der Waals surface area (Å²) >= 11 is 0. The first-order valence-corrected chi connectivity index (χ1v) is 7.62. The first-order valence-electron chi connectivity index (χ1n) is 7.62. The van der Waals surface area contributed by atoms with Crippen LogP contribution in [0.3, 0.4) is 0 Å². The third kappa shape index (κ3) is 3.82. The van der Waals surface area contributed by atoms with E-state index in [1.54, 1.807) is 0 Å². The topological polar surface area (TPSA) is 28.2 Å². The Bertz CT molecular complexity index is 580. The van der Waals surface area contributed by atoms with Crippen molar-refractivity contribution in [2.45, 2.75) is 33.2 Å². The number of aryl methyl sites for hydroxylation is 1. The highest BCUT2D eigenvalue weighted by atomic mass is 15.2. The molecule has 1 aromatic heterocycles. The molecular formula is C18H25N3. The lowest BCUT2D eigenvalue weighted by atomic mass is 10.1. The SMILES string of the molecule is CCCNC(C)c1cccnc1N(C)c1cccc(C)c1. The number of pyridine rings is 1. The number of hydrogen-bond donors (Lipinski definition) is 1. The van der Waals surface area contributed by atoms with Crippen molar-refractivity contribution in [3.05, 3.63) is 53.7 Å². The zero-order valence-corrected chi connectivity index (χ0v) is 13.4. The lowest BCUT2D eigenvalue weighted by Gasteiger charge is -2.24. The van der Waals surface area contributed by atoms with Gasteiger partial charge < -0.3 is 10.2 Å². The maximum atomic E-state index is 4.60. The lowest BCUT2D eigenvalue weighted by Crippen LogP contribution is -2.22. The van der Waals surface area contributed by atoms with E-state index >= 15 is 0 Å². The number of aromatic nitrogens is 1. The van der Waals surface area contributed by atoms with Crippen LogP contribution in [-0.2, 0) is 0 Å². The van der Waals surface area contributed by atoms with Crippen LogP contribution >= 0.6 is 0 Å². The minimum Gasteiger partial charge on any atom is -0.329 e. The number of anilines is 2. The highest BCUT2D eigenvalue weighted by Crippen LogP contribution is 2.28. The van der Waals surface area contributed by atoms with Gasteiger partial charge in [-0.2, -0.15) is 0 Å². The van der Waals surface area contributed by atoms with Crippen LogP contribution in [0, 0.1) is 6.92 Å². The molecule has 0 spiro atoms. The second kappa shape index (κ2) is 7.23. The van der Waals surface area contributed by atoms with Crippen LogP contribution in [0.1, 0.15) is 37.4 Å². The summed E-state index contributed by atoms with van der Waals surface area (Å²) in [5.74, 6) is 1.01. The van der Waals surface area contributed by atoms with Crippen LogP contribution in [0.25, 0.3) is 0 Å². The summed E-state index contributed by atoms with van der Waals surface area (Å²) in [5.41, 5.74) is 3.65. The second-order valence-corrected chi connectivity index (χ2v) is 5.49. The van der Waals surface area contributed by atoms with Gasteiger partial charge in [0.25, 0.3) is 0 Å². The van der Waals surface area contributed by atoms with Gasteiger partial charge in [-0.05, 0) is 50.6 Å². The summed E-state index contributed by atoms with van der Waals surface area (Å²) in [5, 5.41) is 3.54. The Kier molecular flexibility index (Phi) is 5.34. The molecule has 1 unspecified atom stereocenters. The maximum absolute atomic E-state index is 4.60. The number of rotatable bonds is 6. The average Bonchev–Trinajstić information content (AvgIpc) is 2.52. The molecule has 0 amide bonds. The molecule has 0 saturated heterocycles.